The molecule has 0 N–H and O–H groups in total. The summed E-state index contributed by atoms with van der Waals surface area (Å²) in [4.78, 5) is 19.7. The van der Waals surface area contributed by atoms with Gasteiger partial charge in [-0.3, -0.25) is 4.79 Å². The summed E-state index contributed by atoms with van der Waals surface area (Å²) in [6.07, 6.45) is 4.01. The molecule has 0 spiro atoms. The number of ether oxygens (including phenoxy) is 5. The Kier molecular flexibility index (Phi) is 5.91. The molecule has 8 nitrogen and oxygen atoms in total. The van der Waals surface area contributed by atoms with Crippen LogP contribution in [0.3, 0.4) is 0 Å². The van der Waals surface area contributed by atoms with Crippen LogP contribution in [0.4, 0.5) is 4.39 Å². The molecule has 3 aromatic rings. The molecule has 1 aromatic heterocycles. The molecular formula is C25H23FN2O6. The maximum absolute atomic E-state index is 14.8. The molecule has 176 valence electrons. The average Bonchev–Trinajstić information content (AvgIpc) is 3.46. The van der Waals surface area contributed by atoms with Gasteiger partial charge in [-0.1, -0.05) is 6.07 Å². The summed E-state index contributed by atoms with van der Waals surface area (Å²) in [5.41, 5.74) is 2.18. The maximum Gasteiger partial charge on any atom is 0.316 e. The largest absolute Gasteiger partial charge is 0.492 e. The fourth-order valence-electron chi connectivity index (χ4n) is 4.39. The number of carbonyl (C=O) groups is 1. The molecule has 0 radical (unpaired) electrons. The fraction of sp³-hybridized carbons (Fsp3) is 0.320. The summed E-state index contributed by atoms with van der Waals surface area (Å²) in [6, 6.07) is 8.72. The zero-order valence-corrected chi connectivity index (χ0v) is 18.7. The van der Waals surface area contributed by atoms with E-state index in [1.54, 1.807) is 12.1 Å². The number of hydrogen-bond donors (Lipinski definition) is 0. The van der Waals surface area contributed by atoms with Crippen LogP contribution in [0.15, 0.2) is 42.7 Å². The Morgan fingerprint density at radius 2 is 1.97 bits per heavy atom. The number of fused-ring (bicyclic) bond motifs is 2. The minimum Gasteiger partial charge on any atom is -0.492 e. The van der Waals surface area contributed by atoms with Crippen molar-refractivity contribution in [3.05, 3.63) is 65.2 Å². The quantitative estimate of drug-likeness (QED) is 0.470. The first-order valence-electron chi connectivity index (χ1n) is 10.9. The first-order chi connectivity index (χ1) is 16.6. The highest BCUT2D eigenvalue weighted by Gasteiger charge is 2.32. The Labute approximate surface area is 195 Å². The molecule has 0 fully saturated rings. The van der Waals surface area contributed by atoms with Crippen LogP contribution in [-0.2, 0) is 16.0 Å². The number of carbonyl (C=O) groups excluding carboxylic acids is 1. The molecular weight excluding hydrogens is 443 g/mol. The van der Waals surface area contributed by atoms with E-state index in [9.17, 15) is 9.18 Å². The van der Waals surface area contributed by atoms with Gasteiger partial charge < -0.3 is 23.7 Å². The summed E-state index contributed by atoms with van der Waals surface area (Å²) in [5.74, 6) is 1.54. The van der Waals surface area contributed by atoms with Gasteiger partial charge in [0.05, 0.1) is 39.6 Å². The number of hydrogen-bond acceptors (Lipinski definition) is 8. The molecule has 0 saturated heterocycles. The lowest BCUT2D eigenvalue weighted by Crippen LogP contribution is -2.09. The third kappa shape index (κ3) is 4.21. The van der Waals surface area contributed by atoms with Crippen LogP contribution in [0.2, 0.25) is 0 Å². The van der Waals surface area contributed by atoms with Gasteiger partial charge in [0.25, 0.3) is 0 Å². The van der Waals surface area contributed by atoms with E-state index in [0.717, 1.165) is 11.1 Å². The van der Waals surface area contributed by atoms with E-state index < -0.39 is 6.10 Å². The number of esters is 1. The SMILES string of the molecule is COC(=O)CC1COc2cc(OC3CCc4c(Oc5cnc(OC)nc5)ccc(F)c43)ccc21. The molecule has 1 aliphatic heterocycles. The number of halogens is 1. The van der Waals surface area contributed by atoms with Gasteiger partial charge in [-0.25, -0.2) is 4.39 Å². The van der Waals surface area contributed by atoms with E-state index in [0.29, 0.717) is 48.0 Å². The topological polar surface area (TPSA) is 89.0 Å². The minimum atomic E-state index is -0.462. The van der Waals surface area contributed by atoms with Crippen molar-refractivity contribution in [2.24, 2.45) is 0 Å². The van der Waals surface area contributed by atoms with Crippen LogP contribution in [-0.4, -0.2) is 36.8 Å². The number of nitrogens with zero attached hydrogens (tertiary/aromatic N) is 2. The van der Waals surface area contributed by atoms with Crippen LogP contribution in [0.1, 0.15) is 41.6 Å². The van der Waals surface area contributed by atoms with Crippen molar-refractivity contribution < 1.29 is 32.9 Å². The molecule has 2 unspecified atom stereocenters. The van der Waals surface area contributed by atoms with Crippen LogP contribution in [0.25, 0.3) is 0 Å². The Balaban J connectivity index is 1.34. The van der Waals surface area contributed by atoms with Gasteiger partial charge in [0.15, 0.2) is 5.75 Å². The highest BCUT2D eigenvalue weighted by atomic mass is 19.1. The molecule has 2 atom stereocenters. The first-order valence-corrected chi connectivity index (χ1v) is 10.9. The molecule has 5 rings (SSSR count). The highest BCUT2D eigenvalue weighted by molar-refractivity contribution is 5.71. The summed E-state index contributed by atoms with van der Waals surface area (Å²) in [6.45, 7) is 0.407. The summed E-state index contributed by atoms with van der Waals surface area (Å²) < 4.78 is 42.4. The first kappa shape index (κ1) is 21.9. The van der Waals surface area contributed by atoms with Crippen molar-refractivity contribution in [2.45, 2.75) is 31.3 Å². The predicted octanol–water partition coefficient (Wildman–Crippen LogP) is 4.52. The standard InChI is InChI=1S/C25H23FN2O6/c1-30-23(29)9-14-13-32-22-10-15(3-4-17(14)22)33-21-7-5-18-20(8-6-19(26)24(18)21)34-16-11-27-25(31-2)28-12-16/h3-4,6,8,10-12,14,21H,5,7,9,13H2,1-2H3. The van der Waals surface area contributed by atoms with Gasteiger partial charge in [-0.05, 0) is 31.0 Å². The van der Waals surface area contributed by atoms with Gasteiger partial charge in [0.1, 0.15) is 29.2 Å². The lowest BCUT2D eigenvalue weighted by atomic mass is 9.98. The van der Waals surface area contributed by atoms with Crippen LogP contribution < -0.4 is 18.9 Å². The van der Waals surface area contributed by atoms with E-state index in [4.69, 9.17) is 23.7 Å². The zero-order valence-electron chi connectivity index (χ0n) is 18.7. The smallest absolute Gasteiger partial charge is 0.316 e. The van der Waals surface area contributed by atoms with Crippen LogP contribution in [0.5, 0.6) is 29.0 Å². The van der Waals surface area contributed by atoms with E-state index >= 15 is 0 Å². The van der Waals surface area contributed by atoms with E-state index in [-0.39, 0.29) is 30.1 Å². The Bertz CT molecular complexity index is 1220. The number of methoxy groups -OCH3 is 2. The summed E-state index contributed by atoms with van der Waals surface area (Å²) >= 11 is 0. The molecule has 34 heavy (non-hydrogen) atoms. The third-order valence-electron chi connectivity index (χ3n) is 6.04. The molecule has 9 heteroatoms. The molecule has 0 bridgehead atoms. The fourth-order valence-corrected chi connectivity index (χ4v) is 4.39. The molecule has 0 saturated carbocycles. The second-order valence-corrected chi connectivity index (χ2v) is 8.08. The van der Waals surface area contributed by atoms with Gasteiger partial charge in [0, 0.05) is 28.7 Å². The summed E-state index contributed by atoms with van der Waals surface area (Å²) in [7, 11) is 2.85. The van der Waals surface area contributed by atoms with Gasteiger partial charge in [0.2, 0.25) is 0 Å². The molecule has 1 aliphatic carbocycles. The molecule has 0 amide bonds. The number of rotatable bonds is 7. The van der Waals surface area contributed by atoms with Crippen molar-refractivity contribution in [1.82, 2.24) is 9.97 Å². The van der Waals surface area contributed by atoms with E-state index in [2.05, 4.69) is 9.97 Å². The van der Waals surface area contributed by atoms with Crippen molar-refractivity contribution in [3.63, 3.8) is 0 Å². The van der Waals surface area contributed by atoms with Crippen LogP contribution in [0, 0.1) is 5.82 Å². The normalized spacial score (nSPS) is 18.0. The molecule has 2 heterocycles. The monoisotopic (exact) mass is 466 g/mol. The zero-order chi connectivity index (χ0) is 23.7. The van der Waals surface area contributed by atoms with Crippen molar-refractivity contribution in [1.29, 1.82) is 0 Å². The Hall–Kier alpha value is -3.88. The second-order valence-electron chi connectivity index (χ2n) is 8.08. The number of aromatic nitrogens is 2. The third-order valence-corrected chi connectivity index (χ3v) is 6.04. The summed E-state index contributed by atoms with van der Waals surface area (Å²) in [5, 5.41) is 0. The maximum atomic E-state index is 14.8. The Morgan fingerprint density at radius 1 is 1.15 bits per heavy atom. The van der Waals surface area contributed by atoms with Gasteiger partial charge >= 0.3 is 12.0 Å². The number of benzene rings is 2. The van der Waals surface area contributed by atoms with Crippen molar-refractivity contribution >= 4 is 5.97 Å². The van der Waals surface area contributed by atoms with Crippen molar-refractivity contribution in [3.8, 4) is 29.0 Å². The van der Waals surface area contributed by atoms with Gasteiger partial charge in [-0.15, -0.1) is 0 Å². The predicted molar refractivity (Wildman–Crippen MR) is 118 cm³/mol. The van der Waals surface area contributed by atoms with Gasteiger partial charge in [-0.2, -0.15) is 9.97 Å². The van der Waals surface area contributed by atoms with Crippen LogP contribution >= 0.6 is 0 Å². The highest BCUT2D eigenvalue weighted by Crippen LogP contribution is 2.44. The average molecular weight is 466 g/mol. The molecule has 2 aromatic carbocycles. The lowest BCUT2D eigenvalue weighted by molar-refractivity contribution is -0.141. The van der Waals surface area contributed by atoms with Crippen molar-refractivity contribution in [2.75, 3.05) is 20.8 Å². The van der Waals surface area contributed by atoms with E-state index in [1.807, 2.05) is 12.1 Å². The lowest BCUT2D eigenvalue weighted by Gasteiger charge is -2.17. The Morgan fingerprint density at radius 3 is 2.74 bits per heavy atom. The minimum absolute atomic E-state index is 0.0530. The molecule has 2 aliphatic rings. The van der Waals surface area contributed by atoms with E-state index in [1.165, 1.54) is 32.7 Å². The second kappa shape index (κ2) is 9.17.